The average molecular weight is 692 g/mol. The molecule has 1 aliphatic carbocycles. The van der Waals surface area contributed by atoms with Crippen LogP contribution in [-0.2, 0) is 5.41 Å². The average Bonchev–Trinajstić information content (AvgIpc) is 3.54. The Morgan fingerprint density at radius 2 is 0.981 bits per heavy atom. The van der Waals surface area contributed by atoms with Gasteiger partial charge in [-0.2, -0.15) is 0 Å². The molecular weight excluding hydrogens is 659 g/mol. The number of para-hydroxylation sites is 1. The van der Waals surface area contributed by atoms with E-state index in [0.717, 1.165) is 67.5 Å². The van der Waals surface area contributed by atoms with Crippen LogP contribution in [0, 0.1) is 0 Å². The molecule has 0 radical (unpaired) electrons. The van der Waals surface area contributed by atoms with Gasteiger partial charge in [0.25, 0.3) is 0 Å². The van der Waals surface area contributed by atoms with E-state index in [1.807, 2.05) is 18.2 Å². The first-order valence-corrected chi connectivity index (χ1v) is 18.4. The van der Waals surface area contributed by atoms with Crippen molar-refractivity contribution < 1.29 is 4.74 Å². The summed E-state index contributed by atoms with van der Waals surface area (Å²) in [6.07, 6.45) is -0.407. The van der Waals surface area contributed by atoms with E-state index >= 15 is 0 Å². The molecule has 0 fully saturated rings. The summed E-state index contributed by atoms with van der Waals surface area (Å²) in [5.74, 6) is 3.30. The maximum atomic E-state index is 6.87. The molecular formula is C50H33N3O. The van der Waals surface area contributed by atoms with E-state index in [9.17, 15) is 0 Å². The van der Waals surface area contributed by atoms with Gasteiger partial charge in [-0.15, -0.1) is 0 Å². The van der Waals surface area contributed by atoms with Gasteiger partial charge in [0.05, 0.1) is 5.41 Å². The Bertz CT molecular complexity index is 2800. The zero-order valence-corrected chi connectivity index (χ0v) is 29.3. The summed E-state index contributed by atoms with van der Waals surface area (Å²) < 4.78 is 6.87. The van der Waals surface area contributed by atoms with Gasteiger partial charge in [0.1, 0.15) is 23.2 Å². The van der Waals surface area contributed by atoms with Crippen molar-refractivity contribution in [2.45, 2.75) is 11.6 Å². The van der Waals surface area contributed by atoms with Crippen molar-refractivity contribution >= 4 is 22.4 Å². The van der Waals surface area contributed by atoms with Crippen molar-refractivity contribution in [3.8, 4) is 33.8 Å². The first-order valence-electron chi connectivity index (χ1n) is 18.4. The largest absolute Gasteiger partial charge is 0.457 e. The Hall–Kier alpha value is -7.04. The van der Waals surface area contributed by atoms with Crippen molar-refractivity contribution in [3.05, 3.63) is 227 Å². The van der Waals surface area contributed by atoms with E-state index in [4.69, 9.17) is 14.7 Å². The summed E-state index contributed by atoms with van der Waals surface area (Å²) in [6.45, 7) is 0. The van der Waals surface area contributed by atoms with E-state index in [-0.39, 0.29) is 0 Å². The van der Waals surface area contributed by atoms with Crippen LogP contribution < -0.4 is 10.1 Å². The van der Waals surface area contributed by atoms with Crippen molar-refractivity contribution in [1.29, 1.82) is 0 Å². The number of nitrogens with zero attached hydrogens (tertiary/aromatic N) is 2. The quantitative estimate of drug-likeness (QED) is 0.200. The number of amidine groups is 2. The molecule has 0 amide bonds. The van der Waals surface area contributed by atoms with Crippen molar-refractivity contribution in [3.63, 3.8) is 0 Å². The predicted molar refractivity (Wildman–Crippen MR) is 219 cm³/mol. The minimum atomic E-state index is -0.503. The molecule has 0 aromatic heterocycles. The number of aliphatic imine (C=N–C) groups is 2. The highest BCUT2D eigenvalue weighted by atomic mass is 16.5. The monoisotopic (exact) mass is 691 g/mol. The molecule has 11 rings (SSSR count). The number of fused-ring (bicyclic) bond motifs is 10. The number of nitrogens with one attached hydrogen (secondary N) is 1. The van der Waals surface area contributed by atoms with Gasteiger partial charge in [-0.05, 0) is 61.8 Å². The van der Waals surface area contributed by atoms with Gasteiger partial charge in [0, 0.05) is 22.3 Å². The van der Waals surface area contributed by atoms with Crippen molar-refractivity contribution in [1.82, 2.24) is 5.32 Å². The smallest absolute Gasteiger partial charge is 0.169 e. The normalized spacial score (nSPS) is 15.9. The Labute approximate surface area is 313 Å². The van der Waals surface area contributed by atoms with E-state index in [1.165, 1.54) is 27.6 Å². The van der Waals surface area contributed by atoms with Crippen LogP contribution in [0.4, 0.5) is 0 Å². The molecule has 1 atom stereocenters. The highest BCUT2D eigenvalue weighted by Crippen LogP contribution is 2.62. The lowest BCUT2D eigenvalue weighted by Crippen LogP contribution is -2.36. The fourth-order valence-electron chi connectivity index (χ4n) is 8.90. The third-order valence-electron chi connectivity index (χ3n) is 11.2. The highest BCUT2D eigenvalue weighted by Gasteiger charge is 2.50. The second-order valence-electron chi connectivity index (χ2n) is 14.1. The molecule has 54 heavy (non-hydrogen) atoms. The van der Waals surface area contributed by atoms with Gasteiger partial charge in [-0.1, -0.05) is 176 Å². The van der Waals surface area contributed by atoms with Gasteiger partial charge < -0.3 is 10.1 Å². The molecule has 2 heterocycles. The first-order chi connectivity index (χ1) is 26.8. The van der Waals surface area contributed by atoms with E-state index in [0.29, 0.717) is 0 Å². The molecule has 1 unspecified atom stereocenters. The van der Waals surface area contributed by atoms with E-state index in [1.54, 1.807) is 0 Å². The number of benzene rings is 8. The maximum absolute atomic E-state index is 6.87. The third-order valence-corrected chi connectivity index (χ3v) is 11.2. The topological polar surface area (TPSA) is 46.0 Å². The lowest BCUT2D eigenvalue weighted by molar-refractivity contribution is 0.436. The Balaban J connectivity index is 1.07. The van der Waals surface area contributed by atoms with Crippen LogP contribution in [0.15, 0.2) is 198 Å². The summed E-state index contributed by atoms with van der Waals surface area (Å²) in [5.41, 5.74) is 12.1. The standard InChI is InChI=1S/C50H33N3O/c1-2-16-33(17-3-1)47-51-48(53-49(52-47)40-24-14-18-32-15-4-5-19-35(32)40)39-23-7-6-20-36(39)34-29-30-44-46(31-34)54-45-28-13-12-27-43(45)50(44)41-25-10-8-21-37(41)38-22-9-11-26-42(38)50/h1-31,47H,(H,51,52,53). The summed E-state index contributed by atoms with van der Waals surface area (Å²) in [6, 6.07) is 66.6. The molecule has 0 saturated heterocycles. The second-order valence-corrected chi connectivity index (χ2v) is 14.1. The van der Waals surface area contributed by atoms with E-state index < -0.39 is 11.6 Å². The molecule has 3 aliphatic rings. The zero-order chi connectivity index (χ0) is 35.6. The highest BCUT2D eigenvalue weighted by molar-refractivity contribution is 6.21. The lowest BCUT2D eigenvalue weighted by Gasteiger charge is -2.39. The van der Waals surface area contributed by atoms with Crippen LogP contribution in [0.25, 0.3) is 33.0 Å². The van der Waals surface area contributed by atoms with Gasteiger partial charge in [-0.25, -0.2) is 9.98 Å². The van der Waals surface area contributed by atoms with Crippen molar-refractivity contribution in [2.75, 3.05) is 0 Å². The molecule has 8 aromatic carbocycles. The van der Waals surface area contributed by atoms with Crippen LogP contribution in [0.3, 0.4) is 0 Å². The number of hydrogen-bond donors (Lipinski definition) is 1. The Morgan fingerprint density at radius 3 is 1.76 bits per heavy atom. The third kappa shape index (κ3) is 4.50. The van der Waals surface area contributed by atoms with Gasteiger partial charge in [-0.3, -0.25) is 0 Å². The van der Waals surface area contributed by atoms with E-state index in [2.05, 4.69) is 175 Å². The SMILES string of the molecule is c1ccc(C2N=C(c3ccccc3-c3ccc4c(c3)Oc3ccccc3C43c4ccccc4-c4ccccc43)NC(c3cccc4ccccc34)=N2)cc1. The molecule has 4 heteroatoms. The molecule has 2 aliphatic heterocycles. The van der Waals surface area contributed by atoms with Gasteiger partial charge in [0.2, 0.25) is 0 Å². The van der Waals surface area contributed by atoms with Crippen LogP contribution in [0.5, 0.6) is 11.5 Å². The Morgan fingerprint density at radius 1 is 0.426 bits per heavy atom. The molecule has 0 saturated carbocycles. The molecule has 4 nitrogen and oxygen atoms in total. The minimum absolute atomic E-state index is 0.407. The number of ether oxygens (including phenoxy) is 1. The van der Waals surface area contributed by atoms with Gasteiger partial charge >= 0.3 is 0 Å². The lowest BCUT2D eigenvalue weighted by atomic mass is 9.66. The minimum Gasteiger partial charge on any atom is -0.457 e. The molecule has 1 N–H and O–H groups in total. The summed E-state index contributed by atoms with van der Waals surface area (Å²) in [5, 5.41) is 6.00. The second kappa shape index (κ2) is 12.0. The molecule has 1 spiro atoms. The zero-order valence-electron chi connectivity index (χ0n) is 29.3. The van der Waals surface area contributed by atoms with Crippen LogP contribution >= 0.6 is 0 Å². The maximum Gasteiger partial charge on any atom is 0.169 e. The Kier molecular flexibility index (Phi) is 6.80. The number of hydrogen-bond acceptors (Lipinski definition) is 4. The fourth-order valence-corrected chi connectivity index (χ4v) is 8.90. The molecule has 8 aromatic rings. The summed E-state index contributed by atoms with van der Waals surface area (Å²) in [4.78, 5) is 10.5. The van der Waals surface area contributed by atoms with Crippen LogP contribution in [-0.4, -0.2) is 11.7 Å². The van der Waals surface area contributed by atoms with Crippen molar-refractivity contribution in [2.24, 2.45) is 9.98 Å². The predicted octanol–water partition coefficient (Wildman–Crippen LogP) is 11.5. The number of rotatable bonds is 4. The van der Waals surface area contributed by atoms with Crippen LogP contribution in [0.2, 0.25) is 0 Å². The van der Waals surface area contributed by atoms with Crippen LogP contribution in [0.1, 0.15) is 45.1 Å². The molecule has 0 bridgehead atoms. The molecule has 254 valence electrons. The first kappa shape index (κ1) is 30.6. The summed E-state index contributed by atoms with van der Waals surface area (Å²) in [7, 11) is 0. The summed E-state index contributed by atoms with van der Waals surface area (Å²) >= 11 is 0. The van der Waals surface area contributed by atoms with Gasteiger partial charge in [0.15, 0.2) is 6.17 Å². The fraction of sp³-hybridized carbons (Fsp3) is 0.0400.